The van der Waals surface area contributed by atoms with Crippen LogP contribution in [0.5, 0.6) is 0 Å². The number of rotatable bonds is 3. The van der Waals surface area contributed by atoms with Crippen LogP contribution in [0.4, 0.5) is 0 Å². The highest BCUT2D eigenvalue weighted by atomic mass is 32.1. The molecule has 1 aromatic heterocycles. The van der Waals surface area contributed by atoms with Crippen LogP contribution in [0, 0.1) is 5.92 Å². The fraction of sp³-hybridized carbons (Fsp3) is 0.692. The molecule has 0 fully saturated rings. The molecule has 0 bridgehead atoms. The highest BCUT2D eigenvalue weighted by molar-refractivity contribution is 7.09. The lowest BCUT2D eigenvalue weighted by Crippen LogP contribution is -2.20. The number of carbonyl (C=O) groups excluding carboxylic acids is 1. The Bertz CT molecular complexity index is 390. The summed E-state index contributed by atoms with van der Waals surface area (Å²) >= 11 is 1.61. The van der Waals surface area contributed by atoms with Crippen molar-refractivity contribution in [1.29, 1.82) is 0 Å². The standard InChI is InChI=1S/C13H21NO2S/c1-8(2)10(11(15)16-6)9-7-17-12(14-9)13(3,4)5/h7-8,10H,1-6H3. The summed E-state index contributed by atoms with van der Waals surface area (Å²) in [7, 11) is 1.43. The molecule has 0 aliphatic carbocycles. The Kier molecular flexibility index (Phi) is 4.31. The smallest absolute Gasteiger partial charge is 0.315 e. The first kappa shape index (κ1) is 14.2. The van der Waals surface area contributed by atoms with Crippen LogP contribution >= 0.6 is 11.3 Å². The SMILES string of the molecule is COC(=O)C(c1csc(C(C)(C)C)n1)C(C)C. The van der Waals surface area contributed by atoms with Gasteiger partial charge in [0.25, 0.3) is 0 Å². The molecule has 0 saturated carbocycles. The second kappa shape index (κ2) is 5.17. The van der Waals surface area contributed by atoms with Crippen molar-refractivity contribution in [3.63, 3.8) is 0 Å². The number of thiazole rings is 1. The van der Waals surface area contributed by atoms with Gasteiger partial charge in [0.1, 0.15) is 5.92 Å². The van der Waals surface area contributed by atoms with Crippen molar-refractivity contribution >= 4 is 17.3 Å². The minimum Gasteiger partial charge on any atom is -0.468 e. The average molecular weight is 255 g/mol. The van der Waals surface area contributed by atoms with Gasteiger partial charge in [-0.15, -0.1) is 11.3 Å². The van der Waals surface area contributed by atoms with Crippen LogP contribution in [0.15, 0.2) is 5.38 Å². The van der Waals surface area contributed by atoms with Gasteiger partial charge in [0.2, 0.25) is 0 Å². The summed E-state index contributed by atoms with van der Waals surface area (Å²) in [5.74, 6) is -0.268. The lowest BCUT2D eigenvalue weighted by atomic mass is 9.93. The van der Waals surface area contributed by atoms with Gasteiger partial charge in [0.15, 0.2) is 0 Å². The molecule has 0 aliphatic rings. The molecule has 1 unspecified atom stereocenters. The van der Waals surface area contributed by atoms with Crippen LogP contribution in [0.1, 0.15) is 51.2 Å². The summed E-state index contributed by atoms with van der Waals surface area (Å²) in [5, 5.41) is 3.03. The Morgan fingerprint density at radius 1 is 1.41 bits per heavy atom. The highest BCUT2D eigenvalue weighted by Crippen LogP contribution is 2.31. The summed E-state index contributed by atoms with van der Waals surface area (Å²) in [6.45, 7) is 10.4. The zero-order valence-corrected chi connectivity index (χ0v) is 12.2. The molecule has 0 amide bonds. The number of methoxy groups -OCH3 is 1. The molecule has 1 heterocycles. The van der Waals surface area contributed by atoms with Gasteiger partial charge in [-0.25, -0.2) is 4.98 Å². The molecule has 17 heavy (non-hydrogen) atoms. The van der Waals surface area contributed by atoms with Crippen molar-refractivity contribution in [3.8, 4) is 0 Å². The van der Waals surface area contributed by atoms with Crippen LogP contribution in [-0.2, 0) is 14.9 Å². The Labute approximate surface area is 107 Å². The molecule has 4 heteroatoms. The van der Waals surface area contributed by atoms with Gasteiger partial charge in [-0.1, -0.05) is 34.6 Å². The van der Waals surface area contributed by atoms with Gasteiger partial charge < -0.3 is 4.74 Å². The van der Waals surface area contributed by atoms with E-state index in [1.165, 1.54) is 7.11 Å². The monoisotopic (exact) mass is 255 g/mol. The van der Waals surface area contributed by atoms with E-state index in [9.17, 15) is 4.79 Å². The van der Waals surface area contributed by atoms with Crippen molar-refractivity contribution in [1.82, 2.24) is 4.98 Å². The van der Waals surface area contributed by atoms with E-state index in [1.807, 2.05) is 19.2 Å². The molecule has 0 spiro atoms. The largest absolute Gasteiger partial charge is 0.468 e. The zero-order valence-electron chi connectivity index (χ0n) is 11.4. The van der Waals surface area contributed by atoms with E-state index in [4.69, 9.17) is 4.74 Å². The van der Waals surface area contributed by atoms with E-state index < -0.39 is 0 Å². The van der Waals surface area contributed by atoms with E-state index >= 15 is 0 Å². The van der Waals surface area contributed by atoms with E-state index in [1.54, 1.807) is 11.3 Å². The maximum atomic E-state index is 11.8. The Balaban J connectivity index is 3.05. The van der Waals surface area contributed by atoms with Gasteiger partial charge >= 0.3 is 5.97 Å². The van der Waals surface area contributed by atoms with Crippen molar-refractivity contribution < 1.29 is 9.53 Å². The molecular formula is C13H21NO2S. The summed E-state index contributed by atoms with van der Waals surface area (Å²) in [5.41, 5.74) is 0.863. The fourth-order valence-corrected chi connectivity index (χ4v) is 2.58. The van der Waals surface area contributed by atoms with Gasteiger partial charge in [0, 0.05) is 10.8 Å². The molecular weight excluding hydrogens is 234 g/mol. The Hall–Kier alpha value is -0.900. The molecule has 0 saturated heterocycles. The first-order valence-corrected chi connectivity index (χ1v) is 6.69. The number of hydrogen-bond acceptors (Lipinski definition) is 4. The highest BCUT2D eigenvalue weighted by Gasteiger charge is 2.29. The van der Waals surface area contributed by atoms with Gasteiger partial charge in [-0.2, -0.15) is 0 Å². The topological polar surface area (TPSA) is 39.2 Å². The molecule has 3 nitrogen and oxygen atoms in total. The third-order valence-corrected chi connectivity index (χ3v) is 3.89. The zero-order chi connectivity index (χ0) is 13.2. The van der Waals surface area contributed by atoms with Gasteiger partial charge in [-0.3, -0.25) is 4.79 Å². The maximum absolute atomic E-state index is 11.8. The van der Waals surface area contributed by atoms with Gasteiger partial charge in [-0.05, 0) is 5.92 Å². The lowest BCUT2D eigenvalue weighted by Gasteiger charge is -2.17. The minimum absolute atomic E-state index is 0.0283. The Morgan fingerprint density at radius 3 is 2.35 bits per heavy atom. The van der Waals surface area contributed by atoms with E-state index in [-0.39, 0.29) is 23.2 Å². The summed E-state index contributed by atoms with van der Waals surface area (Å²) in [4.78, 5) is 16.3. The van der Waals surface area contributed by atoms with E-state index in [2.05, 4.69) is 25.8 Å². The molecule has 0 radical (unpaired) electrons. The average Bonchev–Trinajstić information content (AvgIpc) is 2.65. The quantitative estimate of drug-likeness (QED) is 0.777. The molecule has 96 valence electrons. The Morgan fingerprint density at radius 2 is 2.00 bits per heavy atom. The fourth-order valence-electron chi connectivity index (χ4n) is 1.63. The summed E-state index contributed by atoms with van der Waals surface area (Å²) < 4.78 is 4.85. The normalized spacial score (nSPS) is 13.8. The summed E-state index contributed by atoms with van der Waals surface area (Å²) in [6, 6.07) is 0. The van der Waals surface area contributed by atoms with E-state index in [0.29, 0.717) is 0 Å². The molecule has 1 atom stereocenters. The number of carbonyl (C=O) groups is 1. The number of nitrogens with zero attached hydrogens (tertiary/aromatic N) is 1. The van der Waals surface area contributed by atoms with Crippen molar-refractivity contribution in [2.75, 3.05) is 7.11 Å². The second-order valence-electron chi connectivity index (χ2n) is 5.57. The van der Waals surface area contributed by atoms with Crippen molar-refractivity contribution in [2.45, 2.75) is 46.0 Å². The molecule has 0 aromatic carbocycles. The van der Waals surface area contributed by atoms with Crippen molar-refractivity contribution in [2.24, 2.45) is 5.92 Å². The van der Waals surface area contributed by atoms with Crippen LogP contribution in [0.2, 0.25) is 0 Å². The second-order valence-corrected chi connectivity index (χ2v) is 6.43. The predicted octanol–water partition coefficient (Wildman–Crippen LogP) is 3.35. The lowest BCUT2D eigenvalue weighted by molar-refractivity contribution is -0.143. The third-order valence-electron chi connectivity index (χ3n) is 2.60. The summed E-state index contributed by atoms with van der Waals surface area (Å²) in [6.07, 6.45) is 0. The number of hydrogen-bond donors (Lipinski definition) is 0. The molecule has 0 N–H and O–H groups in total. The van der Waals surface area contributed by atoms with Crippen LogP contribution in [-0.4, -0.2) is 18.1 Å². The molecule has 1 aromatic rings. The molecule has 0 aliphatic heterocycles. The third kappa shape index (κ3) is 3.28. The minimum atomic E-state index is -0.257. The first-order valence-electron chi connectivity index (χ1n) is 5.81. The number of ether oxygens (including phenoxy) is 1. The van der Waals surface area contributed by atoms with E-state index in [0.717, 1.165) is 10.7 Å². The van der Waals surface area contributed by atoms with Crippen molar-refractivity contribution in [3.05, 3.63) is 16.1 Å². The van der Waals surface area contributed by atoms with Crippen LogP contribution in [0.25, 0.3) is 0 Å². The van der Waals surface area contributed by atoms with Crippen LogP contribution < -0.4 is 0 Å². The number of aromatic nitrogens is 1. The maximum Gasteiger partial charge on any atom is 0.315 e. The molecule has 1 rings (SSSR count). The number of esters is 1. The predicted molar refractivity (Wildman–Crippen MR) is 70.4 cm³/mol. The van der Waals surface area contributed by atoms with Crippen LogP contribution in [0.3, 0.4) is 0 Å². The van der Waals surface area contributed by atoms with Gasteiger partial charge in [0.05, 0.1) is 17.8 Å². The first-order chi connectivity index (χ1) is 7.77.